The zero-order chi connectivity index (χ0) is 18.6. The molecule has 132 valence electrons. The third-order valence-electron chi connectivity index (χ3n) is 3.30. The summed E-state index contributed by atoms with van der Waals surface area (Å²) in [6.07, 6.45) is 0. The number of hydrogen-bond donors (Lipinski definition) is 3. The molecule has 1 aromatic carbocycles. The molecule has 0 saturated carbocycles. The lowest BCUT2D eigenvalue weighted by atomic mass is 9.86. The SMILES string of the molecule is CC(C)(C)c1ccc(C(=O)NC(=S)NNC(=O)c2cccs2)cc1Br. The molecule has 2 amide bonds. The fraction of sp³-hybridized carbons (Fsp3) is 0.235. The van der Waals surface area contributed by atoms with E-state index in [0.717, 1.165) is 10.0 Å². The molecule has 0 unspecified atom stereocenters. The van der Waals surface area contributed by atoms with Crippen LogP contribution < -0.4 is 16.2 Å². The molecule has 1 aromatic heterocycles. The van der Waals surface area contributed by atoms with E-state index in [1.54, 1.807) is 29.6 Å². The van der Waals surface area contributed by atoms with Crippen LogP contribution in [0.25, 0.3) is 0 Å². The van der Waals surface area contributed by atoms with Gasteiger partial charge < -0.3 is 0 Å². The molecule has 2 aromatic rings. The minimum atomic E-state index is -0.357. The second-order valence-electron chi connectivity index (χ2n) is 6.28. The van der Waals surface area contributed by atoms with Gasteiger partial charge in [-0.25, -0.2) is 0 Å². The van der Waals surface area contributed by atoms with Crippen LogP contribution in [-0.2, 0) is 5.41 Å². The highest BCUT2D eigenvalue weighted by Crippen LogP contribution is 2.30. The normalized spacial score (nSPS) is 10.9. The van der Waals surface area contributed by atoms with Crippen molar-refractivity contribution in [3.8, 4) is 0 Å². The summed E-state index contributed by atoms with van der Waals surface area (Å²) < 4.78 is 0.859. The molecule has 0 bridgehead atoms. The van der Waals surface area contributed by atoms with E-state index in [-0.39, 0.29) is 22.3 Å². The first-order chi connectivity index (χ1) is 11.7. The number of carbonyl (C=O) groups excluding carboxylic acids is 2. The Morgan fingerprint density at radius 1 is 1.12 bits per heavy atom. The third-order valence-corrected chi connectivity index (χ3v) is 5.03. The van der Waals surface area contributed by atoms with Crippen LogP contribution in [0.2, 0.25) is 0 Å². The lowest BCUT2D eigenvalue weighted by Crippen LogP contribution is -2.48. The Labute approximate surface area is 164 Å². The van der Waals surface area contributed by atoms with E-state index in [4.69, 9.17) is 12.2 Å². The third kappa shape index (κ3) is 5.35. The molecule has 0 aliphatic rings. The summed E-state index contributed by atoms with van der Waals surface area (Å²) in [4.78, 5) is 24.6. The predicted molar refractivity (Wildman–Crippen MR) is 108 cm³/mol. The van der Waals surface area contributed by atoms with Crippen LogP contribution in [0.1, 0.15) is 46.4 Å². The van der Waals surface area contributed by atoms with E-state index in [9.17, 15) is 9.59 Å². The molecule has 0 atom stereocenters. The van der Waals surface area contributed by atoms with Gasteiger partial charge in [0.15, 0.2) is 5.11 Å². The summed E-state index contributed by atoms with van der Waals surface area (Å²) in [5, 5.41) is 4.35. The first kappa shape index (κ1) is 19.6. The maximum absolute atomic E-state index is 12.3. The van der Waals surface area contributed by atoms with E-state index in [1.807, 2.05) is 6.07 Å². The average molecular weight is 440 g/mol. The number of halogens is 1. The Balaban J connectivity index is 1.94. The molecule has 3 N–H and O–H groups in total. The van der Waals surface area contributed by atoms with Crippen LogP contribution >= 0.6 is 39.5 Å². The van der Waals surface area contributed by atoms with E-state index >= 15 is 0 Å². The van der Waals surface area contributed by atoms with Crippen molar-refractivity contribution in [2.75, 3.05) is 0 Å². The molecule has 0 radical (unpaired) electrons. The summed E-state index contributed by atoms with van der Waals surface area (Å²) in [7, 11) is 0. The number of carbonyl (C=O) groups is 2. The Morgan fingerprint density at radius 2 is 1.84 bits per heavy atom. The van der Waals surface area contributed by atoms with Crippen molar-refractivity contribution in [3.05, 3.63) is 56.2 Å². The highest BCUT2D eigenvalue weighted by atomic mass is 79.9. The summed E-state index contributed by atoms with van der Waals surface area (Å²) in [5.74, 6) is -0.673. The van der Waals surface area contributed by atoms with Crippen molar-refractivity contribution in [1.82, 2.24) is 16.2 Å². The molecular formula is C17H18BrN3O2S2. The standard InChI is InChI=1S/C17H18BrN3O2S2/c1-17(2,3)11-7-6-10(9-12(11)18)14(22)19-16(24)21-20-15(23)13-5-4-8-25-13/h4-9H,1-3H3,(H,20,23)(H2,19,21,22,24). The fourth-order valence-corrected chi connectivity index (χ4v) is 3.79. The zero-order valence-electron chi connectivity index (χ0n) is 14.0. The number of hydrogen-bond acceptors (Lipinski definition) is 4. The van der Waals surface area contributed by atoms with Gasteiger partial charge in [-0.3, -0.25) is 25.8 Å². The number of nitrogens with one attached hydrogen (secondary N) is 3. The molecular weight excluding hydrogens is 422 g/mol. The van der Waals surface area contributed by atoms with Gasteiger partial charge >= 0.3 is 0 Å². The van der Waals surface area contributed by atoms with Gasteiger partial charge in [-0.2, -0.15) is 0 Å². The fourth-order valence-electron chi connectivity index (χ4n) is 2.05. The number of thiophene rings is 1. The molecule has 0 spiro atoms. The van der Waals surface area contributed by atoms with Crippen LogP contribution in [0.15, 0.2) is 40.2 Å². The van der Waals surface area contributed by atoms with Crippen molar-refractivity contribution >= 4 is 56.4 Å². The minimum absolute atomic E-state index is 0.0194. The van der Waals surface area contributed by atoms with Crippen LogP contribution in [0.4, 0.5) is 0 Å². The van der Waals surface area contributed by atoms with Crippen molar-refractivity contribution in [2.24, 2.45) is 0 Å². The van der Waals surface area contributed by atoms with Crippen molar-refractivity contribution < 1.29 is 9.59 Å². The lowest BCUT2D eigenvalue weighted by Gasteiger charge is -2.21. The van der Waals surface area contributed by atoms with Crippen molar-refractivity contribution in [1.29, 1.82) is 0 Å². The summed E-state index contributed by atoms with van der Waals surface area (Å²) in [6, 6.07) is 8.88. The van der Waals surface area contributed by atoms with Gasteiger partial charge in [0.1, 0.15) is 0 Å². The van der Waals surface area contributed by atoms with Gasteiger partial charge in [0, 0.05) is 10.0 Å². The smallest absolute Gasteiger partial charge is 0.279 e. The Bertz CT molecular complexity index is 799. The number of amides is 2. The largest absolute Gasteiger partial charge is 0.298 e. The highest BCUT2D eigenvalue weighted by molar-refractivity contribution is 9.10. The molecule has 1 heterocycles. The van der Waals surface area contributed by atoms with Crippen LogP contribution in [-0.4, -0.2) is 16.9 Å². The van der Waals surface area contributed by atoms with E-state index in [0.29, 0.717) is 10.4 Å². The maximum atomic E-state index is 12.3. The van der Waals surface area contributed by atoms with Crippen molar-refractivity contribution in [2.45, 2.75) is 26.2 Å². The van der Waals surface area contributed by atoms with Crippen LogP contribution in [0, 0.1) is 0 Å². The molecule has 8 heteroatoms. The summed E-state index contributed by atoms with van der Waals surface area (Å²) >= 11 is 9.85. The number of benzene rings is 1. The Morgan fingerprint density at radius 3 is 2.40 bits per heavy atom. The van der Waals surface area contributed by atoms with E-state index in [1.165, 1.54) is 11.3 Å². The average Bonchev–Trinajstić information content (AvgIpc) is 3.05. The Hall–Kier alpha value is -1.77. The van der Waals surface area contributed by atoms with Gasteiger partial charge in [0.25, 0.3) is 11.8 Å². The monoisotopic (exact) mass is 439 g/mol. The first-order valence-electron chi connectivity index (χ1n) is 7.43. The molecule has 0 saturated heterocycles. The summed E-state index contributed by atoms with van der Waals surface area (Å²) in [5.41, 5.74) is 6.49. The molecule has 0 aliphatic carbocycles. The van der Waals surface area contributed by atoms with E-state index < -0.39 is 0 Å². The zero-order valence-corrected chi connectivity index (χ0v) is 17.2. The van der Waals surface area contributed by atoms with Crippen molar-refractivity contribution in [3.63, 3.8) is 0 Å². The molecule has 2 rings (SSSR count). The van der Waals surface area contributed by atoms with Gasteiger partial charge in [-0.05, 0) is 46.8 Å². The quantitative estimate of drug-likeness (QED) is 0.492. The summed E-state index contributed by atoms with van der Waals surface area (Å²) in [6.45, 7) is 6.30. The molecule has 0 aliphatic heterocycles. The van der Waals surface area contributed by atoms with Crippen LogP contribution in [0.5, 0.6) is 0 Å². The lowest BCUT2D eigenvalue weighted by molar-refractivity contribution is 0.0938. The van der Waals surface area contributed by atoms with Gasteiger partial charge in [0.05, 0.1) is 4.88 Å². The van der Waals surface area contributed by atoms with Gasteiger partial charge in [0.2, 0.25) is 0 Å². The predicted octanol–water partition coefficient (Wildman–Crippen LogP) is 3.76. The molecule has 0 fully saturated rings. The molecule has 5 nitrogen and oxygen atoms in total. The van der Waals surface area contributed by atoms with Crippen LogP contribution in [0.3, 0.4) is 0 Å². The Kier molecular flexibility index (Phi) is 6.31. The second-order valence-corrected chi connectivity index (χ2v) is 8.49. The van der Waals surface area contributed by atoms with Gasteiger partial charge in [-0.15, -0.1) is 11.3 Å². The number of thiocarbonyl (C=S) groups is 1. The van der Waals surface area contributed by atoms with Gasteiger partial charge in [-0.1, -0.05) is 48.8 Å². The minimum Gasteiger partial charge on any atom is -0.298 e. The molecule has 25 heavy (non-hydrogen) atoms. The first-order valence-corrected chi connectivity index (χ1v) is 9.52. The second kappa shape index (κ2) is 8.07. The maximum Gasteiger partial charge on any atom is 0.279 e. The topological polar surface area (TPSA) is 70.2 Å². The van der Waals surface area contributed by atoms with E-state index in [2.05, 4.69) is 52.9 Å². The highest BCUT2D eigenvalue weighted by Gasteiger charge is 2.18. The number of hydrazine groups is 1. The number of rotatable bonds is 2.